The van der Waals surface area contributed by atoms with Crippen LogP contribution < -0.4 is 10.1 Å². The molecule has 3 N–H and O–H groups in total. The molecule has 0 radical (unpaired) electrons. The molecule has 1 aliphatic heterocycles. The average molecular weight is 482 g/mol. The van der Waals surface area contributed by atoms with E-state index in [2.05, 4.69) is 17.2 Å². The van der Waals surface area contributed by atoms with Crippen molar-refractivity contribution in [2.75, 3.05) is 33.3 Å². The van der Waals surface area contributed by atoms with Gasteiger partial charge in [0.05, 0.1) is 13.2 Å². The normalized spacial score (nSPS) is 21.8. The molecule has 0 unspecified atom stereocenters. The topological polar surface area (TPSA) is 119 Å². The molecule has 184 valence electrons. The standard InChI is InChI=1S/C23H35N3O6S/c1-6-11-24-23(29)25(5)14-21-16(2)13-26(17(3)15-27)33(30,31)22-10-9-19(8-7-18(4)28)12-20(22)32-21/h9-10,12,16-18,21,27-28H,6,11,13-15H2,1-5H3,(H,24,29)/t16-,17-,18-,21-/m0/s1. The lowest BCUT2D eigenvalue weighted by molar-refractivity contribution is 0.0812. The Kier molecular flexibility index (Phi) is 9.55. The van der Waals surface area contributed by atoms with Crippen LogP contribution in [0.25, 0.3) is 0 Å². The minimum Gasteiger partial charge on any atom is -0.487 e. The molecule has 10 heteroatoms. The Labute approximate surface area is 196 Å². The summed E-state index contributed by atoms with van der Waals surface area (Å²) in [5.41, 5.74) is 0.493. The lowest BCUT2D eigenvalue weighted by atomic mass is 10.0. The highest BCUT2D eigenvalue weighted by Gasteiger charge is 2.38. The van der Waals surface area contributed by atoms with Crippen LogP contribution in [0.2, 0.25) is 0 Å². The summed E-state index contributed by atoms with van der Waals surface area (Å²) in [6, 6.07) is 3.65. The molecule has 2 rings (SSSR count). The number of aliphatic hydroxyl groups excluding tert-OH is 2. The van der Waals surface area contributed by atoms with Gasteiger partial charge in [0.1, 0.15) is 22.9 Å². The molecule has 0 fully saturated rings. The maximum absolute atomic E-state index is 13.4. The van der Waals surface area contributed by atoms with Crippen molar-refractivity contribution in [3.63, 3.8) is 0 Å². The van der Waals surface area contributed by atoms with E-state index in [0.29, 0.717) is 12.1 Å². The van der Waals surface area contributed by atoms with Crippen LogP contribution in [0.4, 0.5) is 4.79 Å². The Morgan fingerprint density at radius 2 is 2.09 bits per heavy atom. The number of rotatable bonds is 6. The van der Waals surface area contributed by atoms with Gasteiger partial charge in [-0.25, -0.2) is 13.2 Å². The highest BCUT2D eigenvalue weighted by atomic mass is 32.2. The summed E-state index contributed by atoms with van der Waals surface area (Å²) in [6.45, 7) is 7.59. The summed E-state index contributed by atoms with van der Waals surface area (Å²) in [4.78, 5) is 13.9. The number of hydrogen-bond donors (Lipinski definition) is 3. The Hall–Kier alpha value is -2.32. The molecule has 0 saturated heterocycles. The van der Waals surface area contributed by atoms with Crippen molar-refractivity contribution >= 4 is 16.1 Å². The van der Waals surface area contributed by atoms with Gasteiger partial charge < -0.3 is 25.2 Å². The summed E-state index contributed by atoms with van der Waals surface area (Å²) in [5.74, 6) is 5.29. The molecule has 9 nitrogen and oxygen atoms in total. The Bertz CT molecular complexity index is 986. The maximum Gasteiger partial charge on any atom is 0.317 e. The van der Waals surface area contributed by atoms with Crippen molar-refractivity contribution in [3.8, 4) is 17.6 Å². The van der Waals surface area contributed by atoms with Crippen LogP contribution in [-0.4, -0.2) is 85.4 Å². The molecular weight excluding hydrogens is 446 g/mol. The number of benzene rings is 1. The van der Waals surface area contributed by atoms with E-state index in [0.717, 1.165) is 6.42 Å². The molecule has 2 amide bonds. The molecule has 33 heavy (non-hydrogen) atoms. The van der Waals surface area contributed by atoms with Gasteiger partial charge in [-0.05, 0) is 38.5 Å². The third-order valence-corrected chi connectivity index (χ3v) is 7.44. The smallest absolute Gasteiger partial charge is 0.317 e. The van der Waals surface area contributed by atoms with Crippen molar-refractivity contribution < 1.29 is 28.2 Å². The fraction of sp³-hybridized carbons (Fsp3) is 0.609. The van der Waals surface area contributed by atoms with Crippen LogP contribution in [0.5, 0.6) is 5.75 Å². The number of likely N-dealkylation sites (N-methyl/N-ethyl adjacent to an activating group) is 1. The van der Waals surface area contributed by atoms with Crippen molar-refractivity contribution in [2.24, 2.45) is 5.92 Å². The van der Waals surface area contributed by atoms with Crippen LogP contribution in [-0.2, 0) is 10.0 Å². The fourth-order valence-electron chi connectivity index (χ4n) is 3.43. The van der Waals surface area contributed by atoms with Gasteiger partial charge in [-0.2, -0.15) is 4.31 Å². The number of aliphatic hydroxyl groups is 2. The van der Waals surface area contributed by atoms with Gasteiger partial charge in [-0.15, -0.1) is 0 Å². The van der Waals surface area contributed by atoms with Crippen LogP contribution in [0.1, 0.15) is 39.7 Å². The lowest BCUT2D eigenvalue weighted by Gasteiger charge is -2.37. The Morgan fingerprint density at radius 3 is 2.70 bits per heavy atom. The second-order valence-corrected chi connectivity index (χ2v) is 10.3. The summed E-state index contributed by atoms with van der Waals surface area (Å²) in [6.07, 6.45) is -0.531. The lowest BCUT2D eigenvalue weighted by Crippen LogP contribution is -2.51. The number of sulfonamides is 1. The second-order valence-electron chi connectivity index (χ2n) is 8.46. The van der Waals surface area contributed by atoms with Gasteiger partial charge in [0, 0.05) is 37.7 Å². The van der Waals surface area contributed by atoms with Crippen LogP contribution >= 0.6 is 0 Å². The third-order valence-electron chi connectivity index (χ3n) is 5.42. The van der Waals surface area contributed by atoms with Crippen LogP contribution in [0.15, 0.2) is 23.1 Å². The summed E-state index contributed by atoms with van der Waals surface area (Å²) < 4.78 is 34.4. The minimum atomic E-state index is -3.96. The first-order valence-corrected chi connectivity index (χ1v) is 12.6. The fourth-order valence-corrected chi connectivity index (χ4v) is 5.25. The van der Waals surface area contributed by atoms with E-state index in [1.54, 1.807) is 20.0 Å². The van der Waals surface area contributed by atoms with E-state index in [9.17, 15) is 23.4 Å². The maximum atomic E-state index is 13.4. The average Bonchev–Trinajstić information content (AvgIpc) is 2.77. The molecular formula is C23H35N3O6S. The van der Waals surface area contributed by atoms with Gasteiger partial charge in [-0.3, -0.25) is 0 Å². The molecule has 1 aromatic rings. The van der Waals surface area contributed by atoms with E-state index in [-0.39, 0.29) is 42.3 Å². The van der Waals surface area contributed by atoms with Crippen molar-refractivity contribution in [2.45, 2.75) is 57.3 Å². The zero-order valence-corrected chi connectivity index (χ0v) is 20.7. The molecule has 0 bridgehead atoms. The minimum absolute atomic E-state index is 0.0274. The number of carbonyl (C=O) groups excluding carboxylic acids is 1. The van der Waals surface area contributed by atoms with Crippen molar-refractivity contribution in [1.82, 2.24) is 14.5 Å². The summed E-state index contributed by atoms with van der Waals surface area (Å²) >= 11 is 0. The number of carbonyl (C=O) groups is 1. The monoisotopic (exact) mass is 481 g/mol. The van der Waals surface area contributed by atoms with E-state index in [4.69, 9.17) is 4.74 Å². The number of urea groups is 1. The first kappa shape index (κ1) is 26.9. The Balaban J connectivity index is 2.51. The number of ether oxygens (including phenoxy) is 1. The predicted octanol–water partition coefficient (Wildman–Crippen LogP) is 1.24. The summed E-state index contributed by atoms with van der Waals surface area (Å²) in [7, 11) is -2.29. The summed E-state index contributed by atoms with van der Waals surface area (Å²) in [5, 5.41) is 22.0. The van der Waals surface area contributed by atoms with E-state index in [1.165, 1.54) is 28.3 Å². The number of fused-ring (bicyclic) bond motifs is 1. The van der Waals surface area contributed by atoms with Crippen molar-refractivity contribution in [3.05, 3.63) is 23.8 Å². The number of hydrogen-bond acceptors (Lipinski definition) is 6. The number of nitrogens with one attached hydrogen (secondary N) is 1. The number of amides is 2. The highest BCUT2D eigenvalue weighted by molar-refractivity contribution is 7.89. The van der Waals surface area contributed by atoms with Crippen molar-refractivity contribution in [1.29, 1.82) is 0 Å². The quantitative estimate of drug-likeness (QED) is 0.526. The third kappa shape index (κ3) is 6.84. The predicted molar refractivity (Wildman–Crippen MR) is 125 cm³/mol. The largest absolute Gasteiger partial charge is 0.487 e. The molecule has 0 spiro atoms. The highest BCUT2D eigenvalue weighted by Crippen LogP contribution is 2.34. The van der Waals surface area contributed by atoms with E-state index in [1.807, 2.05) is 13.8 Å². The molecule has 1 heterocycles. The molecule has 1 aromatic carbocycles. The van der Waals surface area contributed by atoms with E-state index < -0.39 is 28.3 Å². The zero-order valence-electron chi connectivity index (χ0n) is 19.9. The van der Waals surface area contributed by atoms with Gasteiger partial charge in [0.2, 0.25) is 10.0 Å². The van der Waals surface area contributed by atoms with Gasteiger partial charge in [0.15, 0.2) is 0 Å². The molecule has 0 saturated carbocycles. The van der Waals surface area contributed by atoms with Crippen LogP contribution in [0.3, 0.4) is 0 Å². The van der Waals surface area contributed by atoms with E-state index >= 15 is 0 Å². The SMILES string of the molecule is CCCNC(=O)N(C)C[C@@H]1Oc2cc(C#C[C@H](C)O)ccc2S(=O)(=O)N([C@@H](C)CO)C[C@@H]1C. The molecule has 0 aliphatic carbocycles. The molecule has 1 aliphatic rings. The van der Waals surface area contributed by atoms with Gasteiger partial charge in [0.25, 0.3) is 0 Å². The van der Waals surface area contributed by atoms with Gasteiger partial charge >= 0.3 is 6.03 Å². The number of nitrogens with zero attached hydrogens (tertiary/aromatic N) is 2. The Morgan fingerprint density at radius 1 is 1.39 bits per heavy atom. The molecule has 4 atom stereocenters. The first-order chi connectivity index (χ1) is 15.5. The van der Waals surface area contributed by atoms with Gasteiger partial charge in [-0.1, -0.05) is 25.7 Å². The molecule has 0 aromatic heterocycles. The first-order valence-electron chi connectivity index (χ1n) is 11.1. The zero-order chi connectivity index (χ0) is 24.8. The van der Waals surface area contributed by atoms with Crippen LogP contribution in [0, 0.1) is 17.8 Å². The second kappa shape index (κ2) is 11.7.